The molecule has 158 valence electrons. The van der Waals surface area contributed by atoms with E-state index in [1.165, 1.54) is 6.07 Å². The maximum Gasteiger partial charge on any atom is 0.416 e. The topological polar surface area (TPSA) is 44.8 Å². The van der Waals surface area contributed by atoms with Gasteiger partial charge in [0.1, 0.15) is 23.7 Å². The number of alkyl halides is 3. The Kier molecular flexibility index (Phi) is 7.16. The van der Waals surface area contributed by atoms with E-state index in [9.17, 15) is 18.0 Å². The maximum absolute atomic E-state index is 13.1. The molecule has 0 heterocycles. The number of carbonyl (C=O) groups excluding carboxylic acids is 1. The Bertz CT molecular complexity index is 839. The number of benzene rings is 2. The Morgan fingerprint density at radius 1 is 1.00 bits per heavy atom. The van der Waals surface area contributed by atoms with Gasteiger partial charge in [-0.3, -0.25) is 4.79 Å². The van der Waals surface area contributed by atoms with Gasteiger partial charge in [0.15, 0.2) is 0 Å². The molecule has 0 spiro atoms. The summed E-state index contributed by atoms with van der Waals surface area (Å²) in [5, 5.41) is 0. The van der Waals surface area contributed by atoms with Crippen molar-refractivity contribution in [2.45, 2.75) is 52.5 Å². The van der Waals surface area contributed by atoms with Crippen LogP contribution in [0.25, 0.3) is 0 Å². The number of para-hydroxylation sites is 1. The summed E-state index contributed by atoms with van der Waals surface area (Å²) < 4.78 is 55.7. The van der Waals surface area contributed by atoms with Crippen molar-refractivity contribution in [2.24, 2.45) is 0 Å². The highest BCUT2D eigenvalue weighted by Crippen LogP contribution is 2.33. The van der Waals surface area contributed by atoms with Crippen LogP contribution < -0.4 is 9.47 Å². The van der Waals surface area contributed by atoms with E-state index in [4.69, 9.17) is 14.2 Å². The SMILES string of the molecule is CCOc1cc(COc2ccccc2CC(=O)OC(C)(C)C)cc(C(F)(F)F)c1. The van der Waals surface area contributed by atoms with E-state index >= 15 is 0 Å². The highest BCUT2D eigenvalue weighted by molar-refractivity contribution is 5.74. The molecule has 29 heavy (non-hydrogen) atoms. The maximum atomic E-state index is 13.1. The second-order valence-electron chi connectivity index (χ2n) is 7.46. The summed E-state index contributed by atoms with van der Waals surface area (Å²) in [5.74, 6) is 0.128. The van der Waals surface area contributed by atoms with E-state index in [1.807, 2.05) is 0 Å². The molecule has 4 nitrogen and oxygen atoms in total. The van der Waals surface area contributed by atoms with Crippen molar-refractivity contribution in [3.05, 3.63) is 59.2 Å². The van der Waals surface area contributed by atoms with Gasteiger partial charge in [-0.2, -0.15) is 13.2 Å². The lowest BCUT2D eigenvalue weighted by Gasteiger charge is -2.20. The van der Waals surface area contributed by atoms with E-state index < -0.39 is 23.3 Å². The first kappa shape index (κ1) is 22.6. The fourth-order valence-electron chi connectivity index (χ4n) is 2.64. The smallest absolute Gasteiger partial charge is 0.416 e. The van der Waals surface area contributed by atoms with E-state index in [1.54, 1.807) is 52.0 Å². The van der Waals surface area contributed by atoms with Gasteiger partial charge < -0.3 is 14.2 Å². The molecule has 2 aromatic carbocycles. The molecule has 0 radical (unpaired) electrons. The van der Waals surface area contributed by atoms with Gasteiger partial charge in [-0.25, -0.2) is 0 Å². The average molecular weight is 410 g/mol. The van der Waals surface area contributed by atoms with Crippen molar-refractivity contribution in [3.8, 4) is 11.5 Å². The summed E-state index contributed by atoms with van der Waals surface area (Å²) in [4.78, 5) is 12.1. The van der Waals surface area contributed by atoms with Crippen molar-refractivity contribution >= 4 is 5.97 Å². The van der Waals surface area contributed by atoms with Gasteiger partial charge in [0, 0.05) is 5.56 Å². The Labute approximate surface area is 168 Å². The van der Waals surface area contributed by atoms with Crippen LogP contribution in [-0.4, -0.2) is 18.2 Å². The highest BCUT2D eigenvalue weighted by atomic mass is 19.4. The summed E-state index contributed by atoms with van der Waals surface area (Å²) in [6.45, 7) is 7.17. The third-order valence-corrected chi connectivity index (χ3v) is 3.73. The van der Waals surface area contributed by atoms with Gasteiger partial charge in [0.05, 0.1) is 18.6 Å². The van der Waals surface area contributed by atoms with Crippen molar-refractivity contribution in [1.82, 2.24) is 0 Å². The molecular weight excluding hydrogens is 385 g/mol. The fraction of sp³-hybridized carbons (Fsp3) is 0.409. The second-order valence-corrected chi connectivity index (χ2v) is 7.46. The van der Waals surface area contributed by atoms with E-state index in [2.05, 4.69) is 0 Å². The molecule has 0 N–H and O–H groups in total. The van der Waals surface area contributed by atoms with Gasteiger partial charge in [-0.15, -0.1) is 0 Å². The lowest BCUT2D eigenvalue weighted by Crippen LogP contribution is -2.25. The van der Waals surface area contributed by atoms with Gasteiger partial charge in [-0.05, 0) is 57.5 Å². The first-order valence-electron chi connectivity index (χ1n) is 9.24. The molecule has 2 rings (SSSR count). The summed E-state index contributed by atoms with van der Waals surface area (Å²) in [7, 11) is 0. The molecule has 0 saturated heterocycles. The standard InChI is InChI=1S/C22H25F3O4/c1-5-27-18-11-15(10-17(13-18)22(23,24)25)14-28-19-9-7-6-8-16(19)12-20(26)29-21(2,3)4/h6-11,13H,5,12,14H2,1-4H3. The van der Waals surface area contributed by atoms with Gasteiger partial charge in [0.2, 0.25) is 0 Å². The first-order chi connectivity index (χ1) is 13.5. The van der Waals surface area contributed by atoms with Crippen LogP contribution in [0.15, 0.2) is 42.5 Å². The van der Waals surface area contributed by atoms with Crippen LogP contribution in [0.2, 0.25) is 0 Å². The van der Waals surface area contributed by atoms with Crippen LogP contribution in [-0.2, 0) is 28.7 Å². The third-order valence-electron chi connectivity index (χ3n) is 3.73. The van der Waals surface area contributed by atoms with E-state index in [-0.39, 0.29) is 25.4 Å². The molecule has 0 unspecified atom stereocenters. The lowest BCUT2D eigenvalue weighted by molar-refractivity contribution is -0.154. The van der Waals surface area contributed by atoms with Crippen LogP contribution in [0.1, 0.15) is 44.4 Å². The molecule has 0 aliphatic heterocycles. The molecular formula is C22H25F3O4. The number of rotatable bonds is 7. The number of carbonyl (C=O) groups is 1. The van der Waals surface area contributed by atoms with E-state index in [0.717, 1.165) is 12.1 Å². The molecule has 0 fully saturated rings. The molecule has 0 bridgehead atoms. The molecule has 0 atom stereocenters. The van der Waals surface area contributed by atoms with Crippen LogP contribution in [0.4, 0.5) is 13.2 Å². The zero-order valence-electron chi connectivity index (χ0n) is 16.9. The normalized spacial score (nSPS) is 11.8. The zero-order chi connectivity index (χ0) is 21.7. The lowest BCUT2D eigenvalue weighted by atomic mass is 10.1. The molecule has 7 heteroatoms. The minimum absolute atomic E-state index is 0.000228. The minimum Gasteiger partial charge on any atom is -0.494 e. The number of halogens is 3. The molecule has 0 saturated carbocycles. The Morgan fingerprint density at radius 2 is 1.69 bits per heavy atom. The number of hydrogen-bond acceptors (Lipinski definition) is 4. The van der Waals surface area contributed by atoms with E-state index in [0.29, 0.717) is 16.9 Å². The van der Waals surface area contributed by atoms with Crippen molar-refractivity contribution in [2.75, 3.05) is 6.61 Å². The van der Waals surface area contributed by atoms with Crippen LogP contribution in [0.5, 0.6) is 11.5 Å². The molecule has 0 aromatic heterocycles. The molecule has 0 aliphatic carbocycles. The molecule has 0 aliphatic rings. The van der Waals surface area contributed by atoms with Crippen LogP contribution in [0.3, 0.4) is 0 Å². The summed E-state index contributed by atoms with van der Waals surface area (Å²) in [6, 6.07) is 10.4. The van der Waals surface area contributed by atoms with Gasteiger partial charge in [0.25, 0.3) is 0 Å². The van der Waals surface area contributed by atoms with Gasteiger partial charge >= 0.3 is 12.1 Å². The monoisotopic (exact) mass is 410 g/mol. The summed E-state index contributed by atoms with van der Waals surface area (Å²) in [5.41, 5.74) is -0.501. The molecule has 0 amide bonds. The summed E-state index contributed by atoms with van der Waals surface area (Å²) >= 11 is 0. The Balaban J connectivity index is 2.18. The van der Waals surface area contributed by atoms with Crippen molar-refractivity contribution in [3.63, 3.8) is 0 Å². The largest absolute Gasteiger partial charge is 0.494 e. The zero-order valence-corrected chi connectivity index (χ0v) is 16.9. The predicted molar refractivity (Wildman–Crippen MR) is 103 cm³/mol. The third kappa shape index (κ3) is 7.33. The number of esters is 1. The minimum atomic E-state index is -4.49. The van der Waals surface area contributed by atoms with Crippen LogP contribution >= 0.6 is 0 Å². The second kappa shape index (κ2) is 9.20. The molecule has 2 aromatic rings. The number of ether oxygens (including phenoxy) is 3. The predicted octanol–water partition coefficient (Wildman–Crippen LogP) is 5.57. The highest BCUT2D eigenvalue weighted by Gasteiger charge is 2.31. The fourth-order valence-corrected chi connectivity index (χ4v) is 2.64. The average Bonchev–Trinajstić information content (AvgIpc) is 2.59. The van der Waals surface area contributed by atoms with Crippen molar-refractivity contribution in [1.29, 1.82) is 0 Å². The number of hydrogen-bond donors (Lipinski definition) is 0. The first-order valence-corrected chi connectivity index (χ1v) is 9.24. The van der Waals surface area contributed by atoms with Crippen molar-refractivity contribution < 1.29 is 32.2 Å². The summed E-state index contributed by atoms with van der Waals surface area (Å²) in [6.07, 6.45) is -4.49. The Hall–Kier alpha value is -2.70. The van der Waals surface area contributed by atoms with Crippen LogP contribution in [0, 0.1) is 0 Å². The quantitative estimate of drug-likeness (QED) is 0.560. The Morgan fingerprint density at radius 3 is 2.31 bits per heavy atom. The van der Waals surface area contributed by atoms with Gasteiger partial charge in [-0.1, -0.05) is 18.2 Å².